The zero-order valence-electron chi connectivity index (χ0n) is 8.59. The lowest BCUT2D eigenvalue weighted by atomic mass is 9.72. The van der Waals surface area contributed by atoms with Crippen molar-refractivity contribution in [2.45, 2.75) is 50.5 Å². The zero-order chi connectivity index (χ0) is 10.0. The van der Waals surface area contributed by atoms with Crippen LogP contribution < -0.4 is 5.32 Å². The second-order valence-corrected chi connectivity index (χ2v) is 4.78. The van der Waals surface area contributed by atoms with Crippen LogP contribution in [-0.4, -0.2) is 23.2 Å². The van der Waals surface area contributed by atoms with Crippen LogP contribution in [0.15, 0.2) is 0 Å². The minimum Gasteiger partial charge on any atom is -0.481 e. The van der Waals surface area contributed by atoms with Crippen LogP contribution in [0.2, 0.25) is 0 Å². The first kappa shape index (κ1) is 9.97. The summed E-state index contributed by atoms with van der Waals surface area (Å²) in [6.07, 6.45) is 7.69. The van der Waals surface area contributed by atoms with Crippen LogP contribution in [0, 0.1) is 5.92 Å². The van der Waals surface area contributed by atoms with E-state index >= 15 is 0 Å². The molecule has 1 heterocycles. The zero-order valence-corrected chi connectivity index (χ0v) is 8.59. The molecular weight excluding hydrogens is 178 g/mol. The molecule has 0 atom stereocenters. The largest absolute Gasteiger partial charge is 0.481 e. The van der Waals surface area contributed by atoms with Gasteiger partial charge in [0.25, 0.3) is 0 Å². The highest BCUT2D eigenvalue weighted by molar-refractivity contribution is 5.70. The van der Waals surface area contributed by atoms with E-state index in [1.54, 1.807) is 0 Å². The van der Waals surface area contributed by atoms with Gasteiger partial charge in [-0.1, -0.05) is 6.42 Å². The van der Waals surface area contributed by atoms with Gasteiger partial charge in [-0.2, -0.15) is 0 Å². The lowest BCUT2D eigenvalue weighted by molar-refractivity contribution is -0.143. The summed E-state index contributed by atoms with van der Waals surface area (Å²) in [5.41, 5.74) is 0.310. The molecule has 2 fully saturated rings. The van der Waals surface area contributed by atoms with Crippen molar-refractivity contribution in [3.05, 3.63) is 0 Å². The fourth-order valence-corrected chi connectivity index (χ4v) is 2.87. The molecule has 1 aliphatic heterocycles. The van der Waals surface area contributed by atoms with Gasteiger partial charge in [0.1, 0.15) is 0 Å². The molecule has 0 aromatic rings. The maximum Gasteiger partial charge on any atom is 0.306 e. The van der Waals surface area contributed by atoms with Gasteiger partial charge in [-0.25, -0.2) is 0 Å². The molecule has 2 aliphatic rings. The number of carbonyl (C=O) groups is 1. The van der Waals surface area contributed by atoms with E-state index in [-0.39, 0.29) is 5.92 Å². The van der Waals surface area contributed by atoms with Crippen molar-refractivity contribution in [2.75, 3.05) is 6.54 Å². The highest BCUT2D eigenvalue weighted by Gasteiger charge is 2.37. The van der Waals surface area contributed by atoms with E-state index in [0.717, 1.165) is 32.2 Å². The van der Waals surface area contributed by atoms with Crippen molar-refractivity contribution in [3.8, 4) is 0 Å². The monoisotopic (exact) mass is 197 g/mol. The Hall–Kier alpha value is -0.570. The quantitative estimate of drug-likeness (QED) is 0.673. The van der Waals surface area contributed by atoms with Gasteiger partial charge in [0.15, 0.2) is 0 Å². The molecule has 0 aromatic heterocycles. The molecule has 3 heteroatoms. The van der Waals surface area contributed by atoms with Gasteiger partial charge in [-0.05, 0) is 45.1 Å². The Labute approximate surface area is 84.9 Å². The molecule has 0 unspecified atom stereocenters. The highest BCUT2D eigenvalue weighted by atomic mass is 16.4. The van der Waals surface area contributed by atoms with Gasteiger partial charge < -0.3 is 10.4 Å². The Morgan fingerprint density at radius 3 is 2.43 bits per heavy atom. The minimum atomic E-state index is -0.601. The van der Waals surface area contributed by atoms with Crippen molar-refractivity contribution < 1.29 is 9.90 Å². The summed E-state index contributed by atoms with van der Waals surface area (Å²) >= 11 is 0. The molecule has 80 valence electrons. The SMILES string of the molecule is O=C(O)C1CCC2(CCCCN2)CC1. The summed E-state index contributed by atoms with van der Waals surface area (Å²) in [5, 5.41) is 12.5. The van der Waals surface area contributed by atoms with Crippen LogP contribution in [0.25, 0.3) is 0 Å². The lowest BCUT2D eigenvalue weighted by Gasteiger charge is -2.43. The Bertz CT molecular complexity index is 211. The van der Waals surface area contributed by atoms with Gasteiger partial charge in [0.05, 0.1) is 5.92 Å². The van der Waals surface area contributed by atoms with Crippen LogP contribution in [0.3, 0.4) is 0 Å². The topological polar surface area (TPSA) is 49.3 Å². The van der Waals surface area contributed by atoms with Crippen molar-refractivity contribution in [2.24, 2.45) is 5.92 Å². The number of carboxylic acid groups (broad SMARTS) is 1. The molecule has 1 saturated carbocycles. The third-order valence-corrected chi connectivity index (χ3v) is 3.87. The van der Waals surface area contributed by atoms with E-state index in [1.807, 2.05) is 0 Å². The first-order valence-electron chi connectivity index (χ1n) is 5.70. The fraction of sp³-hybridized carbons (Fsp3) is 0.909. The fourth-order valence-electron chi connectivity index (χ4n) is 2.87. The molecule has 0 radical (unpaired) electrons. The predicted molar refractivity (Wildman–Crippen MR) is 54.2 cm³/mol. The molecule has 3 nitrogen and oxygen atoms in total. The number of rotatable bonds is 1. The van der Waals surface area contributed by atoms with E-state index in [9.17, 15) is 4.79 Å². The Balaban J connectivity index is 1.90. The van der Waals surface area contributed by atoms with Crippen LogP contribution >= 0.6 is 0 Å². The van der Waals surface area contributed by atoms with Gasteiger partial charge in [0, 0.05) is 5.54 Å². The number of carboxylic acids is 1. The maximum atomic E-state index is 10.8. The molecule has 0 bridgehead atoms. The number of piperidine rings is 1. The second kappa shape index (κ2) is 3.89. The molecule has 1 saturated heterocycles. The summed E-state index contributed by atoms with van der Waals surface area (Å²) in [6, 6.07) is 0. The molecule has 1 aliphatic carbocycles. The smallest absolute Gasteiger partial charge is 0.306 e. The van der Waals surface area contributed by atoms with E-state index in [0.29, 0.717) is 5.54 Å². The van der Waals surface area contributed by atoms with Crippen molar-refractivity contribution in [1.82, 2.24) is 5.32 Å². The number of nitrogens with one attached hydrogen (secondary N) is 1. The summed E-state index contributed by atoms with van der Waals surface area (Å²) in [5.74, 6) is -0.681. The third kappa shape index (κ3) is 1.92. The number of hydrogen-bond donors (Lipinski definition) is 2. The first-order chi connectivity index (χ1) is 6.72. The van der Waals surface area contributed by atoms with Crippen molar-refractivity contribution in [3.63, 3.8) is 0 Å². The van der Waals surface area contributed by atoms with Crippen LogP contribution in [-0.2, 0) is 4.79 Å². The Kier molecular flexibility index (Phi) is 2.77. The summed E-state index contributed by atoms with van der Waals surface area (Å²) in [7, 11) is 0. The van der Waals surface area contributed by atoms with E-state index in [4.69, 9.17) is 5.11 Å². The highest BCUT2D eigenvalue weighted by Crippen LogP contribution is 2.37. The van der Waals surface area contributed by atoms with E-state index < -0.39 is 5.97 Å². The molecule has 2 N–H and O–H groups in total. The van der Waals surface area contributed by atoms with Crippen LogP contribution in [0.5, 0.6) is 0 Å². The molecule has 1 spiro atoms. The maximum absolute atomic E-state index is 10.8. The van der Waals surface area contributed by atoms with Gasteiger partial charge in [-0.3, -0.25) is 4.79 Å². The van der Waals surface area contributed by atoms with Crippen LogP contribution in [0.4, 0.5) is 0 Å². The molecular formula is C11H19NO2. The van der Waals surface area contributed by atoms with Crippen molar-refractivity contribution in [1.29, 1.82) is 0 Å². The average Bonchev–Trinajstić information content (AvgIpc) is 2.19. The first-order valence-corrected chi connectivity index (χ1v) is 5.70. The minimum absolute atomic E-state index is 0.0793. The lowest BCUT2D eigenvalue weighted by Crippen LogP contribution is -2.51. The average molecular weight is 197 g/mol. The van der Waals surface area contributed by atoms with Gasteiger partial charge in [-0.15, -0.1) is 0 Å². The third-order valence-electron chi connectivity index (χ3n) is 3.87. The Morgan fingerprint density at radius 2 is 1.93 bits per heavy atom. The molecule has 2 rings (SSSR count). The summed E-state index contributed by atoms with van der Waals surface area (Å²) in [6.45, 7) is 1.12. The number of aliphatic carboxylic acids is 1. The predicted octanol–water partition coefficient (Wildman–Crippen LogP) is 1.77. The standard InChI is InChI=1S/C11H19NO2/c13-10(14)9-3-6-11(7-4-9)5-1-2-8-12-11/h9,12H,1-8H2,(H,13,14). The molecule has 14 heavy (non-hydrogen) atoms. The van der Waals surface area contributed by atoms with Gasteiger partial charge >= 0.3 is 5.97 Å². The molecule has 0 amide bonds. The van der Waals surface area contributed by atoms with E-state index in [2.05, 4.69) is 5.32 Å². The summed E-state index contributed by atoms with van der Waals surface area (Å²) < 4.78 is 0. The summed E-state index contributed by atoms with van der Waals surface area (Å²) in [4.78, 5) is 10.8. The number of hydrogen-bond acceptors (Lipinski definition) is 2. The molecule has 0 aromatic carbocycles. The van der Waals surface area contributed by atoms with E-state index in [1.165, 1.54) is 19.3 Å². The van der Waals surface area contributed by atoms with Crippen LogP contribution in [0.1, 0.15) is 44.9 Å². The van der Waals surface area contributed by atoms with Gasteiger partial charge in [0.2, 0.25) is 0 Å². The second-order valence-electron chi connectivity index (χ2n) is 4.78. The van der Waals surface area contributed by atoms with Crippen molar-refractivity contribution >= 4 is 5.97 Å². The normalized spacial score (nSPS) is 38.4. The Morgan fingerprint density at radius 1 is 1.21 bits per heavy atom.